The van der Waals surface area contributed by atoms with Crippen molar-refractivity contribution < 1.29 is 14.3 Å². The highest BCUT2D eigenvalue weighted by atomic mass is 35.5. The molecule has 1 aromatic carbocycles. The van der Waals surface area contributed by atoms with Crippen LogP contribution in [0.5, 0.6) is 0 Å². The van der Waals surface area contributed by atoms with Crippen LogP contribution in [0.2, 0.25) is 0 Å². The smallest absolute Gasteiger partial charge is 0.310 e. The fourth-order valence-electron chi connectivity index (χ4n) is 2.53. The van der Waals surface area contributed by atoms with E-state index in [1.165, 1.54) is 11.8 Å². The van der Waals surface area contributed by atoms with Crippen LogP contribution in [-0.4, -0.2) is 27.8 Å². The number of rotatable bonds is 5. The Morgan fingerprint density at radius 2 is 2.00 bits per heavy atom. The Bertz CT molecular complexity index is 506. The number of hydrogen-bond donors (Lipinski definition) is 0. The van der Waals surface area contributed by atoms with E-state index in [0.717, 1.165) is 18.4 Å². The molecule has 0 bridgehead atoms. The topological polar surface area (TPSA) is 43.4 Å². The highest BCUT2D eigenvalue weighted by Crippen LogP contribution is 2.34. The summed E-state index contributed by atoms with van der Waals surface area (Å²) < 4.78 is 5.52. The zero-order valence-electron chi connectivity index (χ0n) is 12.7. The summed E-state index contributed by atoms with van der Waals surface area (Å²) in [6.45, 7) is 1.87. The van der Waals surface area contributed by atoms with Crippen molar-refractivity contribution in [1.82, 2.24) is 0 Å². The van der Waals surface area contributed by atoms with Gasteiger partial charge in [0.2, 0.25) is 0 Å². The van der Waals surface area contributed by atoms with Crippen LogP contribution >= 0.6 is 23.4 Å². The third-order valence-electron chi connectivity index (χ3n) is 3.73. The van der Waals surface area contributed by atoms with Crippen molar-refractivity contribution in [3.05, 3.63) is 35.9 Å². The van der Waals surface area contributed by atoms with E-state index in [2.05, 4.69) is 0 Å². The van der Waals surface area contributed by atoms with Gasteiger partial charge in [0.15, 0.2) is 5.12 Å². The molecule has 120 valence electrons. The summed E-state index contributed by atoms with van der Waals surface area (Å²) in [6, 6.07) is 9.53. The van der Waals surface area contributed by atoms with E-state index in [-0.39, 0.29) is 34.2 Å². The number of alkyl halides is 1. The Hall–Kier alpha value is -1.00. The van der Waals surface area contributed by atoms with Gasteiger partial charge in [-0.05, 0) is 24.8 Å². The molecule has 5 heteroatoms. The third-order valence-corrected chi connectivity index (χ3v) is 5.50. The molecule has 2 rings (SSSR count). The lowest BCUT2D eigenvalue weighted by Gasteiger charge is -2.31. The first-order chi connectivity index (χ1) is 10.6. The van der Waals surface area contributed by atoms with Crippen LogP contribution in [0.15, 0.2) is 30.3 Å². The normalized spacial score (nSPS) is 24.7. The molecular weight excluding hydrogens is 320 g/mol. The molecule has 0 aliphatic heterocycles. The number of carbonyl (C=O) groups excluding carboxylic acids is 2. The van der Waals surface area contributed by atoms with Crippen molar-refractivity contribution in [2.45, 2.75) is 55.8 Å². The third kappa shape index (κ3) is 5.33. The van der Waals surface area contributed by atoms with Gasteiger partial charge in [-0.15, -0.1) is 11.6 Å². The number of thioether (sulfide) groups is 1. The largest absolute Gasteiger partial charge is 0.461 e. The minimum Gasteiger partial charge on any atom is -0.461 e. The highest BCUT2D eigenvalue weighted by molar-refractivity contribution is 8.14. The number of esters is 1. The average Bonchev–Trinajstić information content (AvgIpc) is 2.51. The van der Waals surface area contributed by atoms with Crippen molar-refractivity contribution in [1.29, 1.82) is 0 Å². The predicted molar refractivity (Wildman–Crippen MR) is 90.2 cm³/mol. The van der Waals surface area contributed by atoms with Crippen LogP contribution in [0.4, 0.5) is 0 Å². The number of ether oxygens (including phenoxy) is 1. The van der Waals surface area contributed by atoms with Crippen LogP contribution in [0.1, 0.15) is 38.2 Å². The number of halogens is 1. The van der Waals surface area contributed by atoms with Crippen molar-refractivity contribution >= 4 is 34.4 Å². The summed E-state index contributed by atoms with van der Waals surface area (Å²) in [7, 11) is 0. The molecule has 0 heterocycles. The van der Waals surface area contributed by atoms with E-state index in [1.807, 2.05) is 37.3 Å². The molecule has 0 amide bonds. The molecule has 0 radical (unpaired) electrons. The first kappa shape index (κ1) is 17.4. The standard InChI is InChI=1S/C17H21ClO3S/c1-2-17(20)22-13-8-9-15(14(18)11-13)21-16(19)10-12-6-4-3-5-7-12/h3-7,13-15H,2,8-11H2,1H3. The average molecular weight is 341 g/mol. The molecule has 3 unspecified atom stereocenters. The molecule has 0 saturated heterocycles. The van der Waals surface area contributed by atoms with Crippen molar-refractivity contribution in [3.8, 4) is 0 Å². The lowest BCUT2D eigenvalue weighted by Crippen LogP contribution is -2.35. The summed E-state index contributed by atoms with van der Waals surface area (Å²) in [4.78, 5) is 23.5. The van der Waals surface area contributed by atoms with Crippen molar-refractivity contribution in [3.63, 3.8) is 0 Å². The van der Waals surface area contributed by atoms with Gasteiger partial charge >= 0.3 is 5.97 Å². The SMILES string of the molecule is CCC(=O)SC1CCC(OC(=O)Cc2ccccc2)C(Cl)C1. The van der Waals surface area contributed by atoms with Crippen LogP contribution < -0.4 is 0 Å². The van der Waals surface area contributed by atoms with E-state index in [0.29, 0.717) is 12.8 Å². The molecule has 3 atom stereocenters. The lowest BCUT2D eigenvalue weighted by molar-refractivity contribution is -0.149. The fourth-order valence-corrected chi connectivity index (χ4v) is 4.13. The van der Waals surface area contributed by atoms with Crippen LogP contribution in [0, 0.1) is 0 Å². The minimum atomic E-state index is -0.244. The lowest BCUT2D eigenvalue weighted by atomic mass is 9.96. The van der Waals surface area contributed by atoms with Gasteiger partial charge in [0.05, 0.1) is 11.8 Å². The summed E-state index contributed by atoms with van der Waals surface area (Å²) in [5.41, 5.74) is 0.941. The quantitative estimate of drug-likeness (QED) is 0.601. The van der Waals surface area contributed by atoms with Crippen LogP contribution in [-0.2, 0) is 20.7 Å². The summed E-state index contributed by atoms with van der Waals surface area (Å²) >= 11 is 7.73. The molecule has 1 aliphatic rings. The van der Waals surface area contributed by atoms with Gasteiger partial charge in [-0.1, -0.05) is 49.0 Å². The van der Waals surface area contributed by atoms with Gasteiger partial charge in [-0.3, -0.25) is 9.59 Å². The van der Waals surface area contributed by atoms with Gasteiger partial charge in [0.25, 0.3) is 0 Å². The van der Waals surface area contributed by atoms with E-state index in [1.54, 1.807) is 0 Å². The van der Waals surface area contributed by atoms with Crippen molar-refractivity contribution in [2.75, 3.05) is 0 Å². The Morgan fingerprint density at radius 3 is 2.64 bits per heavy atom. The zero-order valence-corrected chi connectivity index (χ0v) is 14.2. The number of hydrogen-bond acceptors (Lipinski definition) is 4. The Balaban J connectivity index is 1.79. The van der Waals surface area contributed by atoms with Crippen molar-refractivity contribution in [2.24, 2.45) is 0 Å². The Kier molecular flexibility index (Phi) is 6.77. The van der Waals surface area contributed by atoms with Gasteiger partial charge < -0.3 is 4.74 Å². The molecule has 1 saturated carbocycles. The van der Waals surface area contributed by atoms with Gasteiger partial charge in [-0.2, -0.15) is 0 Å². The van der Waals surface area contributed by atoms with E-state index in [4.69, 9.17) is 16.3 Å². The number of carbonyl (C=O) groups is 2. The Labute approximate surface area is 140 Å². The second-order valence-corrected chi connectivity index (χ2v) is 7.40. The molecule has 1 fully saturated rings. The van der Waals surface area contributed by atoms with Crippen LogP contribution in [0.3, 0.4) is 0 Å². The predicted octanol–water partition coefficient (Wildman–Crippen LogP) is 3.97. The second-order valence-electron chi connectivity index (χ2n) is 5.49. The molecule has 1 aliphatic carbocycles. The van der Waals surface area contributed by atoms with Gasteiger partial charge in [0, 0.05) is 11.7 Å². The van der Waals surface area contributed by atoms with Crippen LogP contribution in [0.25, 0.3) is 0 Å². The monoisotopic (exact) mass is 340 g/mol. The molecule has 1 aromatic rings. The molecule has 0 spiro atoms. The molecule has 0 aromatic heterocycles. The number of benzene rings is 1. The zero-order chi connectivity index (χ0) is 15.9. The highest BCUT2D eigenvalue weighted by Gasteiger charge is 2.32. The Morgan fingerprint density at radius 1 is 1.27 bits per heavy atom. The fraction of sp³-hybridized carbons (Fsp3) is 0.529. The maximum atomic E-state index is 12.0. The van der Waals surface area contributed by atoms with E-state index in [9.17, 15) is 9.59 Å². The summed E-state index contributed by atoms with van der Waals surface area (Å²) in [5, 5.41) is 0.239. The van der Waals surface area contributed by atoms with Gasteiger partial charge in [0.1, 0.15) is 6.10 Å². The maximum Gasteiger partial charge on any atom is 0.310 e. The molecule has 3 nitrogen and oxygen atoms in total. The van der Waals surface area contributed by atoms with E-state index >= 15 is 0 Å². The van der Waals surface area contributed by atoms with E-state index < -0.39 is 0 Å². The summed E-state index contributed by atoms with van der Waals surface area (Å²) in [5.74, 6) is -0.238. The molecular formula is C17H21ClO3S. The molecule has 22 heavy (non-hydrogen) atoms. The minimum absolute atomic E-state index is 0.202. The first-order valence-electron chi connectivity index (χ1n) is 7.65. The molecule has 0 N–H and O–H groups in total. The van der Waals surface area contributed by atoms with Gasteiger partial charge in [-0.25, -0.2) is 0 Å². The summed E-state index contributed by atoms with van der Waals surface area (Å²) in [6.07, 6.45) is 2.87. The first-order valence-corrected chi connectivity index (χ1v) is 8.97. The second kappa shape index (κ2) is 8.59. The maximum absolute atomic E-state index is 12.0.